The van der Waals surface area contributed by atoms with Crippen LogP contribution in [0.1, 0.15) is 16.7 Å². The van der Waals surface area contributed by atoms with Gasteiger partial charge < -0.3 is 5.11 Å². The monoisotopic (exact) mass is 210 g/mol. The van der Waals surface area contributed by atoms with E-state index in [1.165, 1.54) is 0 Å². The van der Waals surface area contributed by atoms with E-state index in [0.29, 0.717) is 5.56 Å². The van der Waals surface area contributed by atoms with Crippen molar-refractivity contribution in [3.63, 3.8) is 0 Å². The Morgan fingerprint density at radius 2 is 2.07 bits per heavy atom. The van der Waals surface area contributed by atoms with Crippen molar-refractivity contribution < 1.29 is 9.90 Å². The van der Waals surface area contributed by atoms with E-state index < -0.39 is 5.97 Å². The van der Waals surface area contributed by atoms with Gasteiger partial charge in [-0.15, -0.1) is 0 Å². The third-order valence-electron chi connectivity index (χ3n) is 2.01. The highest BCUT2D eigenvalue weighted by molar-refractivity contribution is 6.34. The Bertz CT molecular complexity index is 394. The van der Waals surface area contributed by atoms with Crippen LogP contribution in [0.2, 0.25) is 0 Å². The second kappa shape index (κ2) is 4.29. The number of benzene rings is 1. The highest BCUT2D eigenvalue weighted by atomic mass is 35.5. The van der Waals surface area contributed by atoms with Crippen LogP contribution >= 0.6 is 11.6 Å². The lowest BCUT2D eigenvalue weighted by Gasteiger charge is -2.06. The standard InChI is InChI=1S/C11H11ClO2/c1-7-3-4-9(8(2)5-7)10(6-12)11(13)14/h3-6H,1-2H3,(H,13,14)/b10-6+. The van der Waals surface area contributed by atoms with Gasteiger partial charge >= 0.3 is 5.97 Å². The molecular weight excluding hydrogens is 200 g/mol. The summed E-state index contributed by atoms with van der Waals surface area (Å²) in [5, 5.41) is 8.87. The number of carboxylic acid groups (broad SMARTS) is 1. The number of carboxylic acids is 1. The van der Waals surface area contributed by atoms with Gasteiger partial charge in [0, 0.05) is 5.54 Å². The van der Waals surface area contributed by atoms with E-state index in [4.69, 9.17) is 16.7 Å². The minimum absolute atomic E-state index is 0.129. The van der Waals surface area contributed by atoms with Gasteiger partial charge in [-0.05, 0) is 25.0 Å². The number of halogens is 1. The highest BCUT2D eigenvalue weighted by Crippen LogP contribution is 2.20. The van der Waals surface area contributed by atoms with E-state index in [1.54, 1.807) is 6.07 Å². The van der Waals surface area contributed by atoms with Crippen molar-refractivity contribution in [2.24, 2.45) is 0 Å². The van der Waals surface area contributed by atoms with Gasteiger partial charge in [0.1, 0.15) is 0 Å². The molecule has 1 aromatic rings. The topological polar surface area (TPSA) is 37.3 Å². The molecule has 0 aliphatic heterocycles. The fourth-order valence-corrected chi connectivity index (χ4v) is 1.55. The van der Waals surface area contributed by atoms with Gasteiger partial charge in [0.05, 0.1) is 5.57 Å². The molecule has 0 bridgehead atoms. The van der Waals surface area contributed by atoms with Crippen LogP contribution in [0.25, 0.3) is 5.57 Å². The third kappa shape index (κ3) is 2.15. The molecule has 0 fully saturated rings. The molecule has 1 N–H and O–H groups in total. The summed E-state index contributed by atoms with van der Waals surface area (Å²) < 4.78 is 0. The fraction of sp³-hybridized carbons (Fsp3) is 0.182. The number of hydrogen-bond donors (Lipinski definition) is 1. The number of aryl methyl sites for hydroxylation is 2. The van der Waals surface area contributed by atoms with Crippen LogP contribution in [0.3, 0.4) is 0 Å². The van der Waals surface area contributed by atoms with Crippen LogP contribution in [0.4, 0.5) is 0 Å². The third-order valence-corrected chi connectivity index (χ3v) is 2.23. The minimum Gasteiger partial charge on any atom is -0.478 e. The zero-order chi connectivity index (χ0) is 10.7. The maximum Gasteiger partial charge on any atom is 0.337 e. The molecule has 0 atom stereocenters. The summed E-state index contributed by atoms with van der Waals surface area (Å²) in [5.41, 5.74) is 3.91. The molecule has 0 unspecified atom stereocenters. The molecule has 2 nitrogen and oxygen atoms in total. The predicted molar refractivity (Wildman–Crippen MR) is 57.4 cm³/mol. The molecule has 1 rings (SSSR count). The first-order valence-corrected chi connectivity index (χ1v) is 4.61. The second-order valence-electron chi connectivity index (χ2n) is 3.15. The Morgan fingerprint density at radius 1 is 1.43 bits per heavy atom. The molecule has 1 aromatic carbocycles. The first kappa shape index (κ1) is 10.8. The van der Waals surface area contributed by atoms with Gasteiger partial charge in [-0.25, -0.2) is 4.79 Å². The van der Waals surface area contributed by atoms with Crippen molar-refractivity contribution in [2.75, 3.05) is 0 Å². The molecule has 0 heterocycles. The van der Waals surface area contributed by atoms with Gasteiger partial charge in [0.15, 0.2) is 0 Å². The van der Waals surface area contributed by atoms with Crippen LogP contribution in [-0.2, 0) is 4.79 Å². The minimum atomic E-state index is -1.01. The Kier molecular flexibility index (Phi) is 3.31. The predicted octanol–water partition coefficient (Wildman–Crippen LogP) is 2.97. The fourth-order valence-electron chi connectivity index (χ4n) is 1.34. The van der Waals surface area contributed by atoms with Crippen molar-refractivity contribution in [1.82, 2.24) is 0 Å². The summed E-state index contributed by atoms with van der Waals surface area (Å²) in [5.74, 6) is -1.01. The second-order valence-corrected chi connectivity index (χ2v) is 3.36. The lowest BCUT2D eigenvalue weighted by molar-refractivity contribution is -0.130. The maximum absolute atomic E-state index is 10.8. The van der Waals surface area contributed by atoms with E-state index in [0.717, 1.165) is 16.7 Å². The van der Waals surface area contributed by atoms with Crippen LogP contribution < -0.4 is 0 Å². The zero-order valence-corrected chi connectivity index (χ0v) is 8.80. The lowest BCUT2D eigenvalue weighted by atomic mass is 10.00. The molecule has 0 aromatic heterocycles. The molecule has 0 aliphatic carbocycles. The quantitative estimate of drug-likeness (QED) is 0.762. The van der Waals surface area contributed by atoms with E-state index in [1.807, 2.05) is 26.0 Å². The van der Waals surface area contributed by atoms with Crippen molar-refractivity contribution in [2.45, 2.75) is 13.8 Å². The summed E-state index contributed by atoms with van der Waals surface area (Å²) in [6, 6.07) is 5.57. The molecule has 0 amide bonds. The molecule has 0 saturated heterocycles. The Balaban J connectivity index is 3.25. The van der Waals surface area contributed by atoms with Gasteiger partial charge in [-0.3, -0.25) is 0 Å². The van der Waals surface area contributed by atoms with Crippen molar-refractivity contribution >= 4 is 23.1 Å². The first-order chi connectivity index (χ1) is 6.56. The van der Waals surface area contributed by atoms with E-state index in [9.17, 15) is 4.79 Å². The SMILES string of the molecule is Cc1ccc(/C(=C\Cl)C(=O)O)c(C)c1. The summed E-state index contributed by atoms with van der Waals surface area (Å²) in [4.78, 5) is 10.8. The zero-order valence-electron chi connectivity index (χ0n) is 8.04. The molecule has 3 heteroatoms. The van der Waals surface area contributed by atoms with E-state index in [2.05, 4.69) is 0 Å². The average Bonchev–Trinajstić information content (AvgIpc) is 2.09. The highest BCUT2D eigenvalue weighted by Gasteiger charge is 2.11. The van der Waals surface area contributed by atoms with Gasteiger partial charge in [0.2, 0.25) is 0 Å². The van der Waals surface area contributed by atoms with Crippen molar-refractivity contribution in [3.05, 3.63) is 40.4 Å². The normalized spacial score (nSPS) is 11.5. The molecule has 0 spiro atoms. The Labute approximate surface area is 87.8 Å². The van der Waals surface area contributed by atoms with E-state index in [-0.39, 0.29) is 5.57 Å². The van der Waals surface area contributed by atoms with Gasteiger partial charge in [0.25, 0.3) is 0 Å². The van der Waals surface area contributed by atoms with Gasteiger partial charge in [-0.1, -0.05) is 35.4 Å². The maximum atomic E-state index is 10.8. The average molecular weight is 211 g/mol. The smallest absolute Gasteiger partial charge is 0.337 e. The Morgan fingerprint density at radius 3 is 2.50 bits per heavy atom. The molecule has 74 valence electrons. The molecule has 0 saturated carbocycles. The summed E-state index contributed by atoms with van der Waals surface area (Å²) in [7, 11) is 0. The van der Waals surface area contributed by atoms with Crippen molar-refractivity contribution in [3.8, 4) is 0 Å². The summed E-state index contributed by atoms with van der Waals surface area (Å²) in [6.07, 6.45) is 0. The van der Waals surface area contributed by atoms with Crippen LogP contribution in [-0.4, -0.2) is 11.1 Å². The number of aliphatic carboxylic acids is 1. The van der Waals surface area contributed by atoms with Crippen LogP contribution in [0.5, 0.6) is 0 Å². The summed E-state index contributed by atoms with van der Waals surface area (Å²) in [6.45, 7) is 3.83. The molecule has 0 aliphatic rings. The van der Waals surface area contributed by atoms with Crippen molar-refractivity contribution in [1.29, 1.82) is 0 Å². The lowest BCUT2D eigenvalue weighted by Crippen LogP contribution is -2.00. The largest absolute Gasteiger partial charge is 0.478 e. The first-order valence-electron chi connectivity index (χ1n) is 4.17. The van der Waals surface area contributed by atoms with E-state index >= 15 is 0 Å². The van der Waals surface area contributed by atoms with Crippen LogP contribution in [0.15, 0.2) is 23.7 Å². The number of hydrogen-bond acceptors (Lipinski definition) is 1. The van der Waals surface area contributed by atoms with Gasteiger partial charge in [-0.2, -0.15) is 0 Å². The Hall–Kier alpha value is -1.28. The number of carbonyl (C=O) groups is 1. The summed E-state index contributed by atoms with van der Waals surface area (Å²) >= 11 is 5.47. The number of rotatable bonds is 2. The molecular formula is C11H11ClO2. The van der Waals surface area contributed by atoms with Crippen LogP contribution in [0, 0.1) is 13.8 Å². The molecule has 14 heavy (non-hydrogen) atoms. The molecule has 0 radical (unpaired) electrons.